The summed E-state index contributed by atoms with van der Waals surface area (Å²) >= 11 is 4.13. The van der Waals surface area contributed by atoms with Gasteiger partial charge in [0.15, 0.2) is 0 Å². The summed E-state index contributed by atoms with van der Waals surface area (Å²) in [7, 11) is -4.81. The minimum atomic E-state index is -4.81. The number of alkyl halides is 2. The van der Waals surface area contributed by atoms with Crippen LogP contribution in [0.5, 0.6) is 0 Å². The molecule has 0 aliphatic carbocycles. The number of carbonyl (C=O) groups excluding carboxylic acids is 1. The number of rotatable bonds is 10. The quantitative estimate of drug-likeness (QED) is 0.171. The van der Waals surface area contributed by atoms with Crippen LogP contribution in [-0.4, -0.2) is 24.8 Å². The Labute approximate surface area is 222 Å². The molecule has 0 N–H and O–H groups in total. The highest BCUT2D eigenvalue weighted by molar-refractivity contribution is 9.10. The summed E-state index contributed by atoms with van der Waals surface area (Å²) in [5, 5.41) is 0.417. The molecule has 3 aromatic rings. The number of fused-ring (bicyclic) bond motifs is 1. The van der Waals surface area contributed by atoms with Crippen molar-refractivity contribution in [3.05, 3.63) is 68.5 Å². The Morgan fingerprint density at radius 3 is 2.19 bits per heavy atom. The average molecular weight is 603 g/mol. The molecule has 1 aromatic heterocycles. The molecule has 3 rings (SSSR count). The van der Waals surface area contributed by atoms with Crippen LogP contribution in [0.4, 0.5) is 8.78 Å². The number of thiophene rings is 1. The maximum Gasteiger partial charge on any atom is 0.405 e. The largest absolute Gasteiger partial charge is 0.456 e. The molecule has 0 saturated heterocycles. The lowest BCUT2D eigenvalue weighted by Crippen LogP contribution is -2.24. The van der Waals surface area contributed by atoms with E-state index in [1.807, 2.05) is 30.3 Å². The van der Waals surface area contributed by atoms with Gasteiger partial charge in [-0.15, -0.1) is 11.3 Å². The van der Waals surface area contributed by atoms with Crippen molar-refractivity contribution < 1.29 is 31.9 Å². The standard InChI is InChI=1S/C26H30BrF2O5PS/c1-6-32-35(31,33-7-2)26(28,29)23-21(27)20-16-19(24(30)34-25(3,4)5)15-18(22(20)36-23)14-13-17-11-9-8-10-12-17/h8-12,15-16H,6-7,13-14H2,1-5H3. The van der Waals surface area contributed by atoms with Crippen molar-refractivity contribution in [2.24, 2.45) is 0 Å². The molecule has 0 bridgehead atoms. The van der Waals surface area contributed by atoms with Crippen LogP contribution in [-0.2, 0) is 36.9 Å². The number of halogens is 3. The van der Waals surface area contributed by atoms with Crippen molar-refractivity contribution in [3.63, 3.8) is 0 Å². The highest BCUT2D eigenvalue weighted by Crippen LogP contribution is 2.69. The third kappa shape index (κ3) is 6.25. The number of hydrogen-bond donors (Lipinski definition) is 0. The van der Waals surface area contributed by atoms with Gasteiger partial charge in [0.1, 0.15) is 10.5 Å². The Morgan fingerprint density at radius 2 is 1.64 bits per heavy atom. The first-order chi connectivity index (χ1) is 16.8. The number of esters is 1. The van der Waals surface area contributed by atoms with Gasteiger partial charge in [-0.1, -0.05) is 30.3 Å². The molecule has 5 nitrogen and oxygen atoms in total. The molecule has 0 fully saturated rings. The summed E-state index contributed by atoms with van der Waals surface area (Å²) in [6.07, 6.45) is 1.15. The minimum absolute atomic E-state index is 0.0542. The van der Waals surface area contributed by atoms with E-state index in [0.29, 0.717) is 28.5 Å². The van der Waals surface area contributed by atoms with Gasteiger partial charge in [-0.25, -0.2) is 4.79 Å². The maximum absolute atomic E-state index is 15.7. The Morgan fingerprint density at radius 1 is 1.03 bits per heavy atom. The molecule has 2 aromatic carbocycles. The van der Waals surface area contributed by atoms with Crippen LogP contribution in [0.3, 0.4) is 0 Å². The zero-order valence-electron chi connectivity index (χ0n) is 20.9. The van der Waals surface area contributed by atoms with E-state index in [4.69, 9.17) is 13.8 Å². The topological polar surface area (TPSA) is 61.8 Å². The van der Waals surface area contributed by atoms with Crippen molar-refractivity contribution >= 4 is 50.9 Å². The van der Waals surface area contributed by atoms with Gasteiger partial charge in [0.2, 0.25) is 0 Å². The molecule has 0 radical (unpaired) electrons. The van der Waals surface area contributed by atoms with E-state index < -0.39 is 29.7 Å². The molecule has 196 valence electrons. The molecule has 36 heavy (non-hydrogen) atoms. The van der Waals surface area contributed by atoms with Crippen LogP contribution >= 0.6 is 34.9 Å². The van der Waals surface area contributed by atoms with E-state index in [9.17, 15) is 9.36 Å². The first kappa shape index (κ1) is 28.9. The molecular weight excluding hydrogens is 573 g/mol. The molecule has 0 spiro atoms. The first-order valence-electron chi connectivity index (χ1n) is 11.6. The lowest BCUT2D eigenvalue weighted by atomic mass is 10.0. The molecule has 0 atom stereocenters. The molecule has 0 saturated carbocycles. The fourth-order valence-electron chi connectivity index (χ4n) is 3.66. The van der Waals surface area contributed by atoms with E-state index in [-0.39, 0.29) is 23.2 Å². The third-order valence-corrected chi connectivity index (χ3v) is 9.88. The smallest absolute Gasteiger partial charge is 0.405 e. The van der Waals surface area contributed by atoms with E-state index >= 15 is 8.78 Å². The zero-order chi connectivity index (χ0) is 26.7. The van der Waals surface area contributed by atoms with Crippen LogP contribution < -0.4 is 0 Å². The number of aryl methyl sites for hydroxylation is 2. The SMILES string of the molecule is CCOP(=O)(OCC)C(F)(F)c1sc2c(CCc3ccccc3)cc(C(=O)OC(C)(C)C)cc2c1Br. The Hall–Kier alpha value is -1.64. The second-order valence-corrected chi connectivity index (χ2v) is 13.0. The number of ether oxygens (including phenoxy) is 1. The van der Waals surface area contributed by atoms with Gasteiger partial charge in [0, 0.05) is 14.6 Å². The molecule has 1 heterocycles. The number of benzene rings is 2. The number of carbonyl (C=O) groups is 1. The normalized spacial score (nSPS) is 12.8. The van der Waals surface area contributed by atoms with Crippen molar-refractivity contribution in [3.8, 4) is 0 Å². The Kier molecular flexibility index (Phi) is 9.16. The van der Waals surface area contributed by atoms with Gasteiger partial charge in [0.25, 0.3) is 0 Å². The van der Waals surface area contributed by atoms with Gasteiger partial charge < -0.3 is 13.8 Å². The first-order valence-corrected chi connectivity index (χ1v) is 14.8. The lowest BCUT2D eigenvalue weighted by Gasteiger charge is -2.25. The Bertz CT molecular complexity index is 1260. The van der Waals surface area contributed by atoms with E-state index in [1.165, 1.54) is 19.9 Å². The lowest BCUT2D eigenvalue weighted by molar-refractivity contribution is 0.00695. The van der Waals surface area contributed by atoms with Crippen molar-refractivity contribution in [2.75, 3.05) is 13.2 Å². The van der Waals surface area contributed by atoms with E-state index in [2.05, 4.69) is 15.9 Å². The van der Waals surface area contributed by atoms with Gasteiger partial charge in [-0.05, 0) is 86.6 Å². The van der Waals surface area contributed by atoms with Crippen LogP contribution in [0.15, 0.2) is 46.9 Å². The van der Waals surface area contributed by atoms with Gasteiger partial charge in [0.05, 0.1) is 18.8 Å². The molecule has 0 aliphatic heterocycles. The third-order valence-electron chi connectivity index (χ3n) is 5.18. The van der Waals surface area contributed by atoms with Crippen molar-refractivity contribution in [2.45, 2.75) is 58.7 Å². The van der Waals surface area contributed by atoms with Gasteiger partial charge in [-0.2, -0.15) is 8.78 Å². The molecule has 0 amide bonds. The summed E-state index contributed by atoms with van der Waals surface area (Å²) < 4.78 is 60.7. The minimum Gasteiger partial charge on any atom is -0.456 e. The molecule has 10 heteroatoms. The number of hydrogen-bond acceptors (Lipinski definition) is 6. The van der Waals surface area contributed by atoms with Crippen LogP contribution in [0.25, 0.3) is 10.1 Å². The Balaban J connectivity index is 2.17. The van der Waals surface area contributed by atoms with Gasteiger partial charge in [-0.3, -0.25) is 4.57 Å². The second-order valence-electron chi connectivity index (χ2n) is 9.12. The summed E-state index contributed by atoms with van der Waals surface area (Å²) in [6.45, 7) is 7.86. The van der Waals surface area contributed by atoms with Gasteiger partial charge >= 0.3 is 19.2 Å². The average Bonchev–Trinajstić information content (AvgIpc) is 3.14. The zero-order valence-corrected chi connectivity index (χ0v) is 24.2. The van der Waals surface area contributed by atoms with E-state index in [0.717, 1.165) is 16.9 Å². The second kappa shape index (κ2) is 11.4. The summed E-state index contributed by atoms with van der Waals surface area (Å²) in [5.41, 5.74) is -2.57. The summed E-state index contributed by atoms with van der Waals surface area (Å²) in [4.78, 5) is 12.4. The maximum atomic E-state index is 15.7. The fourth-order valence-corrected chi connectivity index (χ4v) is 7.75. The highest BCUT2D eigenvalue weighted by Gasteiger charge is 2.57. The monoisotopic (exact) mass is 602 g/mol. The summed E-state index contributed by atoms with van der Waals surface area (Å²) in [5.74, 6) is -0.550. The van der Waals surface area contributed by atoms with Crippen LogP contribution in [0.1, 0.15) is 61.0 Å². The van der Waals surface area contributed by atoms with Crippen LogP contribution in [0, 0.1) is 0 Å². The molecular formula is C26H30BrF2O5PS. The van der Waals surface area contributed by atoms with Crippen LogP contribution in [0.2, 0.25) is 0 Å². The van der Waals surface area contributed by atoms with Crippen molar-refractivity contribution in [1.29, 1.82) is 0 Å². The summed E-state index contributed by atoms with van der Waals surface area (Å²) in [6, 6.07) is 13.0. The predicted octanol–water partition coefficient (Wildman–Crippen LogP) is 8.72. The molecule has 0 unspecified atom stereocenters. The predicted molar refractivity (Wildman–Crippen MR) is 143 cm³/mol. The fraction of sp³-hybridized carbons (Fsp3) is 0.423. The van der Waals surface area contributed by atoms with Crippen molar-refractivity contribution in [1.82, 2.24) is 0 Å². The molecule has 0 aliphatic rings. The highest BCUT2D eigenvalue weighted by atomic mass is 79.9. The van der Waals surface area contributed by atoms with E-state index in [1.54, 1.807) is 26.8 Å².